The lowest BCUT2D eigenvalue weighted by molar-refractivity contribution is -0.0366. The van der Waals surface area contributed by atoms with Gasteiger partial charge in [0.25, 0.3) is 0 Å². The number of piperazine rings is 1. The first kappa shape index (κ1) is 28.8. The van der Waals surface area contributed by atoms with Crippen molar-refractivity contribution >= 4 is 27.6 Å². The number of benzene rings is 1. The van der Waals surface area contributed by atoms with Gasteiger partial charge >= 0.3 is 6.01 Å². The molecule has 0 aliphatic carbocycles. The van der Waals surface area contributed by atoms with Crippen molar-refractivity contribution in [3.63, 3.8) is 0 Å². The Bertz CT molecular complexity index is 1800. The maximum absolute atomic E-state index is 17.1. The number of nitrogens with zero attached hydrogens (tertiary/aromatic N) is 7. The van der Waals surface area contributed by atoms with Crippen LogP contribution in [0.4, 0.5) is 10.2 Å². The molecule has 8 heterocycles. The van der Waals surface area contributed by atoms with Gasteiger partial charge in [0.15, 0.2) is 12.0 Å². The first-order valence-corrected chi connectivity index (χ1v) is 17.3. The number of pyridine rings is 1. The van der Waals surface area contributed by atoms with Crippen molar-refractivity contribution in [1.29, 1.82) is 0 Å². The molecule has 0 radical (unpaired) electrons. The second-order valence-corrected chi connectivity index (χ2v) is 14.3. The zero-order valence-corrected chi connectivity index (χ0v) is 26.9. The van der Waals surface area contributed by atoms with Crippen LogP contribution in [0.1, 0.15) is 75.1 Å². The van der Waals surface area contributed by atoms with E-state index < -0.39 is 5.82 Å². The van der Waals surface area contributed by atoms with Gasteiger partial charge in [-0.1, -0.05) is 0 Å². The Labute approximate surface area is 268 Å². The Kier molecular flexibility index (Phi) is 6.94. The van der Waals surface area contributed by atoms with Crippen LogP contribution in [0.2, 0.25) is 0 Å². The number of rotatable bonds is 6. The van der Waals surface area contributed by atoms with Crippen LogP contribution < -0.4 is 15.0 Å². The molecule has 3 aromatic heterocycles. The second kappa shape index (κ2) is 11.1. The van der Waals surface area contributed by atoms with E-state index in [1.807, 2.05) is 17.8 Å². The van der Waals surface area contributed by atoms with Gasteiger partial charge in [-0.2, -0.15) is 15.1 Å². The van der Waals surface area contributed by atoms with E-state index in [-0.39, 0.29) is 29.0 Å². The van der Waals surface area contributed by atoms with Crippen LogP contribution in [0, 0.1) is 19.7 Å². The molecular formula is C35H43FN8O2. The summed E-state index contributed by atoms with van der Waals surface area (Å²) in [4.78, 5) is 19.5. The van der Waals surface area contributed by atoms with Gasteiger partial charge in [-0.15, -0.1) is 0 Å². The molecule has 242 valence electrons. The lowest BCUT2D eigenvalue weighted by Gasteiger charge is -2.34. The Morgan fingerprint density at radius 2 is 1.80 bits per heavy atom. The van der Waals surface area contributed by atoms with Gasteiger partial charge in [0.05, 0.1) is 22.6 Å². The third-order valence-corrected chi connectivity index (χ3v) is 11.5. The van der Waals surface area contributed by atoms with Crippen LogP contribution >= 0.6 is 0 Å². The van der Waals surface area contributed by atoms with E-state index in [0.29, 0.717) is 24.1 Å². The van der Waals surface area contributed by atoms with E-state index in [4.69, 9.17) is 29.5 Å². The molecular weight excluding hydrogens is 583 g/mol. The Morgan fingerprint density at radius 1 is 1.00 bits per heavy atom. The van der Waals surface area contributed by atoms with E-state index in [0.717, 1.165) is 111 Å². The Balaban J connectivity index is 1.17. The summed E-state index contributed by atoms with van der Waals surface area (Å²) in [5.74, 6) is 0.277. The van der Waals surface area contributed by atoms with E-state index in [1.54, 1.807) is 6.20 Å². The third-order valence-electron chi connectivity index (χ3n) is 11.5. The van der Waals surface area contributed by atoms with Gasteiger partial charge in [0, 0.05) is 48.9 Å². The molecule has 1 N–H and O–H groups in total. The summed E-state index contributed by atoms with van der Waals surface area (Å²) in [7, 11) is 0. The third kappa shape index (κ3) is 4.60. The lowest BCUT2D eigenvalue weighted by atomic mass is 9.95. The molecule has 5 aliphatic rings. The van der Waals surface area contributed by atoms with Crippen LogP contribution in [-0.4, -0.2) is 86.6 Å². The van der Waals surface area contributed by atoms with Gasteiger partial charge in [0.2, 0.25) is 0 Å². The van der Waals surface area contributed by atoms with Gasteiger partial charge in [-0.3, -0.25) is 9.88 Å². The SMILES string of the molecule is Cc1cc2c(cnn2C2CCCCO2)c(-c2ncc3c(N4CC5CCC(C4)N5)nc(OCC45CCCN4CCC5)nc3c2F)c1C. The number of halogens is 1. The Morgan fingerprint density at radius 3 is 2.57 bits per heavy atom. The standard InChI is InChI=1S/C35H43FN8O2/c1-21-15-27-25(17-38-44(27)28-7-3-4-14-45-28)29(22(21)2)32-30(36)31-26(16-37-32)33(42-18-23-8-9-24(19-42)39-23)41-34(40-31)46-20-35-10-5-12-43(35)13-6-11-35/h15-17,23-24,28,39H,3-14,18-20H2,1-2H3. The first-order valence-electron chi connectivity index (χ1n) is 17.3. The highest BCUT2D eigenvalue weighted by molar-refractivity contribution is 5.99. The molecule has 1 aromatic carbocycles. The summed E-state index contributed by atoms with van der Waals surface area (Å²) in [5.41, 5.74) is 4.32. The van der Waals surface area contributed by atoms with E-state index >= 15 is 4.39 Å². The maximum atomic E-state index is 17.1. The van der Waals surface area contributed by atoms with Crippen LogP contribution in [0.3, 0.4) is 0 Å². The average Bonchev–Trinajstić information content (AvgIpc) is 3.85. The van der Waals surface area contributed by atoms with Crippen LogP contribution in [0.15, 0.2) is 18.5 Å². The summed E-state index contributed by atoms with van der Waals surface area (Å²) in [5, 5.41) is 9.96. The fourth-order valence-corrected chi connectivity index (χ4v) is 9.00. The highest BCUT2D eigenvalue weighted by Crippen LogP contribution is 2.41. The van der Waals surface area contributed by atoms with Crippen LogP contribution in [-0.2, 0) is 4.74 Å². The zero-order chi connectivity index (χ0) is 31.0. The number of aryl methyl sites for hydroxylation is 1. The fourth-order valence-electron chi connectivity index (χ4n) is 9.00. The molecule has 0 amide bonds. The molecule has 3 unspecified atom stereocenters. The number of hydrogen-bond acceptors (Lipinski definition) is 9. The van der Waals surface area contributed by atoms with E-state index in [1.165, 1.54) is 12.8 Å². The van der Waals surface area contributed by atoms with Gasteiger partial charge in [0.1, 0.15) is 23.6 Å². The highest BCUT2D eigenvalue weighted by Gasteiger charge is 2.45. The molecule has 5 aliphatic heterocycles. The average molecular weight is 627 g/mol. The van der Waals surface area contributed by atoms with Crippen molar-refractivity contribution in [3.8, 4) is 17.3 Å². The largest absolute Gasteiger partial charge is 0.461 e. The number of anilines is 1. The van der Waals surface area contributed by atoms with Crippen LogP contribution in [0.25, 0.3) is 33.1 Å². The van der Waals surface area contributed by atoms with Gasteiger partial charge in [-0.25, -0.2) is 9.07 Å². The van der Waals surface area contributed by atoms with Gasteiger partial charge < -0.3 is 19.7 Å². The van der Waals surface area contributed by atoms with Crippen molar-refractivity contribution in [2.45, 2.75) is 95.5 Å². The summed E-state index contributed by atoms with van der Waals surface area (Å²) in [6.45, 7) is 9.24. The van der Waals surface area contributed by atoms with E-state index in [2.05, 4.69) is 28.1 Å². The molecule has 5 fully saturated rings. The number of fused-ring (bicyclic) bond motifs is 5. The molecule has 3 atom stereocenters. The van der Waals surface area contributed by atoms with Crippen molar-refractivity contribution in [3.05, 3.63) is 35.4 Å². The molecule has 5 saturated heterocycles. The quantitative estimate of drug-likeness (QED) is 0.300. The molecule has 9 rings (SSSR count). The molecule has 4 aromatic rings. The summed E-state index contributed by atoms with van der Waals surface area (Å²) >= 11 is 0. The molecule has 2 bridgehead atoms. The second-order valence-electron chi connectivity index (χ2n) is 14.3. The molecule has 0 saturated carbocycles. The first-order chi connectivity index (χ1) is 22.5. The number of aromatic nitrogens is 5. The maximum Gasteiger partial charge on any atom is 0.319 e. The van der Waals surface area contributed by atoms with Crippen molar-refractivity contribution in [2.24, 2.45) is 0 Å². The summed E-state index contributed by atoms with van der Waals surface area (Å²) in [6, 6.07) is 3.20. The topological polar surface area (TPSA) is 93.5 Å². The fraction of sp³-hybridized carbons (Fsp3) is 0.600. The van der Waals surface area contributed by atoms with E-state index in [9.17, 15) is 0 Å². The molecule has 11 heteroatoms. The highest BCUT2D eigenvalue weighted by atomic mass is 19.1. The minimum Gasteiger partial charge on any atom is -0.461 e. The van der Waals surface area contributed by atoms with Gasteiger partial charge in [-0.05, 0) is 102 Å². The molecule has 46 heavy (non-hydrogen) atoms. The van der Waals surface area contributed by atoms with Crippen molar-refractivity contribution < 1.29 is 13.9 Å². The zero-order valence-electron chi connectivity index (χ0n) is 26.9. The molecule has 0 spiro atoms. The Hall–Kier alpha value is -3.41. The number of nitrogens with one attached hydrogen (secondary N) is 1. The minimum absolute atomic E-state index is 0.0427. The normalized spacial score (nSPS) is 26.0. The number of ether oxygens (including phenoxy) is 2. The predicted octanol–water partition coefficient (Wildman–Crippen LogP) is 5.44. The monoisotopic (exact) mass is 626 g/mol. The van der Waals surface area contributed by atoms with Crippen molar-refractivity contribution in [2.75, 3.05) is 44.3 Å². The summed E-state index contributed by atoms with van der Waals surface area (Å²) in [6.07, 6.45) is 13.5. The smallest absolute Gasteiger partial charge is 0.319 e. The molecule has 10 nitrogen and oxygen atoms in total. The van der Waals surface area contributed by atoms with Crippen molar-refractivity contribution in [1.82, 2.24) is 34.9 Å². The van der Waals surface area contributed by atoms with Crippen LogP contribution in [0.5, 0.6) is 6.01 Å². The predicted molar refractivity (Wildman–Crippen MR) is 175 cm³/mol. The minimum atomic E-state index is -0.442. The number of hydrogen-bond donors (Lipinski definition) is 1. The lowest BCUT2D eigenvalue weighted by Crippen LogP contribution is -2.51. The summed E-state index contributed by atoms with van der Waals surface area (Å²) < 4.78 is 31.6.